The van der Waals surface area contributed by atoms with Gasteiger partial charge in [-0.3, -0.25) is 4.79 Å². The maximum absolute atomic E-state index is 13.9. The number of ketones is 1. The summed E-state index contributed by atoms with van der Waals surface area (Å²) in [5.74, 6) is 1.75. The molecule has 1 aromatic carbocycles. The van der Waals surface area contributed by atoms with Gasteiger partial charge in [0.2, 0.25) is 0 Å². The van der Waals surface area contributed by atoms with E-state index in [4.69, 9.17) is 0 Å². The van der Waals surface area contributed by atoms with E-state index in [9.17, 15) is 9.18 Å². The molecule has 3 unspecified atom stereocenters. The highest BCUT2D eigenvalue weighted by molar-refractivity contribution is 5.96. The van der Waals surface area contributed by atoms with Crippen LogP contribution in [0.1, 0.15) is 48.0 Å². The molecule has 1 nitrogen and oxygen atoms in total. The van der Waals surface area contributed by atoms with Crippen molar-refractivity contribution in [3.63, 3.8) is 0 Å². The van der Waals surface area contributed by atoms with Crippen LogP contribution in [0.25, 0.3) is 0 Å². The Labute approximate surface area is 107 Å². The molecule has 0 aliphatic heterocycles. The van der Waals surface area contributed by atoms with E-state index in [0.29, 0.717) is 17.9 Å². The van der Waals surface area contributed by atoms with E-state index >= 15 is 0 Å². The van der Waals surface area contributed by atoms with Crippen molar-refractivity contribution in [1.29, 1.82) is 0 Å². The Morgan fingerprint density at radius 3 is 2.83 bits per heavy atom. The summed E-state index contributed by atoms with van der Waals surface area (Å²) in [4.78, 5) is 12.2. The van der Waals surface area contributed by atoms with E-state index in [2.05, 4.69) is 0 Å². The molecule has 0 aromatic heterocycles. The van der Waals surface area contributed by atoms with Gasteiger partial charge in [0.25, 0.3) is 0 Å². The highest BCUT2D eigenvalue weighted by Crippen LogP contribution is 2.49. The van der Waals surface area contributed by atoms with Crippen LogP contribution in [0.3, 0.4) is 0 Å². The van der Waals surface area contributed by atoms with Crippen LogP contribution >= 0.6 is 0 Å². The smallest absolute Gasteiger partial charge is 0.166 e. The molecule has 2 fully saturated rings. The van der Waals surface area contributed by atoms with E-state index in [0.717, 1.165) is 11.8 Å². The number of carbonyl (C=O) groups excluding carboxylic acids is 1. The largest absolute Gasteiger partial charge is 0.294 e. The highest BCUT2D eigenvalue weighted by Gasteiger charge is 2.40. The number of aryl methyl sites for hydroxylation is 1. The van der Waals surface area contributed by atoms with Crippen LogP contribution in [0.15, 0.2) is 18.2 Å². The van der Waals surface area contributed by atoms with Crippen LogP contribution in [0.4, 0.5) is 4.39 Å². The summed E-state index contributed by atoms with van der Waals surface area (Å²) >= 11 is 0. The minimum absolute atomic E-state index is 0.00579. The number of carbonyl (C=O) groups is 1. The summed E-state index contributed by atoms with van der Waals surface area (Å²) < 4.78 is 13.9. The van der Waals surface area contributed by atoms with Gasteiger partial charge < -0.3 is 0 Å². The second-order valence-corrected chi connectivity index (χ2v) is 6.00. The second kappa shape index (κ2) is 4.49. The second-order valence-electron chi connectivity index (χ2n) is 6.00. The van der Waals surface area contributed by atoms with Crippen molar-refractivity contribution < 1.29 is 9.18 Å². The summed E-state index contributed by atoms with van der Waals surface area (Å²) in [6, 6.07) is 5.11. The molecule has 2 saturated carbocycles. The van der Waals surface area contributed by atoms with Crippen molar-refractivity contribution in [2.45, 2.75) is 39.0 Å². The summed E-state index contributed by atoms with van der Waals surface area (Å²) in [5, 5.41) is 0. The quantitative estimate of drug-likeness (QED) is 0.732. The lowest BCUT2D eigenvalue weighted by molar-refractivity contribution is 0.0940. The number of halogens is 1. The van der Waals surface area contributed by atoms with Crippen molar-refractivity contribution in [3.8, 4) is 0 Å². The van der Waals surface area contributed by atoms with E-state index in [1.165, 1.54) is 25.7 Å². The fraction of sp³-hybridized carbons (Fsp3) is 0.562. The number of hydrogen-bond acceptors (Lipinski definition) is 1. The fourth-order valence-corrected chi connectivity index (χ4v) is 3.84. The lowest BCUT2D eigenvalue weighted by Gasteiger charge is -2.20. The van der Waals surface area contributed by atoms with Gasteiger partial charge in [-0.2, -0.15) is 0 Å². The molecule has 96 valence electrons. The van der Waals surface area contributed by atoms with Crippen LogP contribution in [0.5, 0.6) is 0 Å². The number of fused-ring (bicyclic) bond motifs is 2. The zero-order chi connectivity index (χ0) is 12.7. The molecule has 1 aromatic rings. The van der Waals surface area contributed by atoms with Gasteiger partial charge >= 0.3 is 0 Å². The molecule has 0 N–H and O–H groups in total. The van der Waals surface area contributed by atoms with E-state index in [1.54, 1.807) is 25.1 Å². The van der Waals surface area contributed by atoms with Gasteiger partial charge in [-0.15, -0.1) is 0 Å². The minimum atomic E-state index is -0.328. The Kier molecular flexibility index (Phi) is 2.96. The summed E-state index contributed by atoms with van der Waals surface area (Å²) in [7, 11) is 0. The maximum Gasteiger partial charge on any atom is 0.166 e. The van der Waals surface area contributed by atoms with Gasteiger partial charge in [0.1, 0.15) is 5.82 Å². The average Bonchev–Trinajstić information content (AvgIpc) is 2.94. The van der Waals surface area contributed by atoms with Gasteiger partial charge in [0.05, 0.1) is 5.56 Å². The van der Waals surface area contributed by atoms with Crippen LogP contribution in [0, 0.1) is 30.5 Å². The molecule has 0 radical (unpaired) electrons. The van der Waals surface area contributed by atoms with Crippen molar-refractivity contribution in [1.82, 2.24) is 0 Å². The van der Waals surface area contributed by atoms with Gasteiger partial charge in [-0.1, -0.05) is 18.6 Å². The number of benzene rings is 1. The molecule has 0 heterocycles. The molecule has 0 spiro atoms. The SMILES string of the molecule is Cc1cccc(C(=O)CC2CC3CCC2C3)c1F. The van der Waals surface area contributed by atoms with Crippen molar-refractivity contribution in [2.24, 2.45) is 17.8 Å². The fourth-order valence-electron chi connectivity index (χ4n) is 3.84. The highest BCUT2D eigenvalue weighted by atomic mass is 19.1. The van der Waals surface area contributed by atoms with Gasteiger partial charge in [0.15, 0.2) is 5.78 Å². The first kappa shape index (κ1) is 11.9. The topological polar surface area (TPSA) is 17.1 Å². The maximum atomic E-state index is 13.9. The first-order valence-electron chi connectivity index (χ1n) is 6.93. The first-order valence-corrected chi connectivity index (χ1v) is 6.93. The molecule has 2 heteroatoms. The van der Waals surface area contributed by atoms with Crippen LogP contribution in [-0.4, -0.2) is 5.78 Å². The standard InChI is InChI=1S/C16H19FO/c1-10-3-2-4-14(16(10)17)15(18)9-13-8-11-5-6-12(13)7-11/h2-4,11-13H,5-9H2,1H3. The molecule has 0 saturated heterocycles. The van der Waals surface area contributed by atoms with Gasteiger partial charge in [-0.25, -0.2) is 4.39 Å². The zero-order valence-corrected chi connectivity index (χ0v) is 10.8. The Morgan fingerprint density at radius 2 is 2.17 bits per heavy atom. The van der Waals surface area contributed by atoms with Crippen LogP contribution < -0.4 is 0 Å². The predicted octanol–water partition coefficient (Wildman–Crippen LogP) is 4.14. The molecule has 3 rings (SSSR count). The Hall–Kier alpha value is -1.18. The normalized spacial score (nSPS) is 29.8. The predicted molar refractivity (Wildman–Crippen MR) is 69.0 cm³/mol. The first-order chi connectivity index (χ1) is 8.65. The third kappa shape index (κ3) is 1.98. The summed E-state index contributed by atoms with van der Waals surface area (Å²) in [6.07, 6.45) is 5.65. The van der Waals surface area contributed by atoms with Crippen molar-refractivity contribution in [2.75, 3.05) is 0 Å². The number of rotatable bonds is 3. The third-order valence-corrected chi connectivity index (χ3v) is 4.82. The monoisotopic (exact) mass is 246 g/mol. The Bertz CT molecular complexity index is 480. The van der Waals surface area contributed by atoms with Gasteiger partial charge in [-0.05, 0) is 55.6 Å². The van der Waals surface area contributed by atoms with E-state index in [-0.39, 0.29) is 17.2 Å². The molecular formula is C16H19FO. The molecule has 0 amide bonds. The Balaban J connectivity index is 1.73. The molecular weight excluding hydrogens is 227 g/mol. The number of Topliss-reactive ketones (excluding diaryl/α,β-unsaturated/α-hetero) is 1. The molecule has 2 aliphatic rings. The van der Waals surface area contributed by atoms with E-state index < -0.39 is 0 Å². The zero-order valence-electron chi connectivity index (χ0n) is 10.8. The van der Waals surface area contributed by atoms with Crippen LogP contribution in [0.2, 0.25) is 0 Å². The third-order valence-electron chi connectivity index (χ3n) is 4.82. The lowest BCUT2D eigenvalue weighted by atomic mass is 9.84. The lowest BCUT2D eigenvalue weighted by Crippen LogP contribution is -2.16. The summed E-state index contributed by atoms with van der Waals surface area (Å²) in [5.41, 5.74) is 0.853. The van der Waals surface area contributed by atoms with Gasteiger partial charge in [0, 0.05) is 6.42 Å². The Morgan fingerprint density at radius 1 is 1.33 bits per heavy atom. The van der Waals surface area contributed by atoms with Crippen molar-refractivity contribution >= 4 is 5.78 Å². The van der Waals surface area contributed by atoms with E-state index in [1.807, 2.05) is 0 Å². The average molecular weight is 246 g/mol. The molecule has 3 atom stereocenters. The van der Waals surface area contributed by atoms with Crippen molar-refractivity contribution in [3.05, 3.63) is 35.1 Å². The minimum Gasteiger partial charge on any atom is -0.294 e. The number of hydrogen-bond donors (Lipinski definition) is 0. The molecule has 2 bridgehead atoms. The molecule has 2 aliphatic carbocycles. The molecule has 18 heavy (non-hydrogen) atoms. The summed E-state index contributed by atoms with van der Waals surface area (Å²) in [6.45, 7) is 1.71. The van der Waals surface area contributed by atoms with Crippen LogP contribution in [-0.2, 0) is 0 Å².